The van der Waals surface area contributed by atoms with Crippen LogP contribution in [-0.4, -0.2) is 81.4 Å². The summed E-state index contributed by atoms with van der Waals surface area (Å²) in [4.78, 5) is 17.4. The van der Waals surface area contributed by atoms with Crippen molar-refractivity contribution in [3.63, 3.8) is 0 Å². The van der Waals surface area contributed by atoms with Gasteiger partial charge in [-0.15, -0.1) is 5.10 Å². The lowest BCUT2D eigenvalue weighted by atomic mass is 10.1. The van der Waals surface area contributed by atoms with Gasteiger partial charge in [0.05, 0.1) is 17.8 Å². The molecule has 1 aromatic carbocycles. The molecule has 4 rings (SSSR count). The molecule has 0 bridgehead atoms. The number of piperazine rings is 1. The summed E-state index contributed by atoms with van der Waals surface area (Å²) in [6, 6.07) is 10.6. The number of aromatic nitrogens is 4. The van der Waals surface area contributed by atoms with Crippen LogP contribution in [0.25, 0.3) is 0 Å². The molecule has 150 valence electrons. The average molecular weight is 402 g/mol. The van der Waals surface area contributed by atoms with E-state index in [1.165, 1.54) is 11.8 Å². The average Bonchev–Trinajstić information content (AvgIpc) is 3.46. The minimum absolute atomic E-state index is 0.0123. The van der Waals surface area contributed by atoms with Crippen LogP contribution in [0.3, 0.4) is 0 Å². The molecule has 2 fully saturated rings. The summed E-state index contributed by atoms with van der Waals surface area (Å²) in [7, 11) is 2.15. The minimum atomic E-state index is -0.0165. The van der Waals surface area contributed by atoms with E-state index in [0.29, 0.717) is 11.8 Å². The highest BCUT2D eigenvalue weighted by Crippen LogP contribution is 2.36. The van der Waals surface area contributed by atoms with Gasteiger partial charge in [-0.1, -0.05) is 42.1 Å². The molecular formula is C19H27N7OS. The summed E-state index contributed by atoms with van der Waals surface area (Å²) < 4.78 is 1.84. The molecule has 1 N–H and O–H groups in total. The van der Waals surface area contributed by atoms with Gasteiger partial charge in [0.2, 0.25) is 11.1 Å². The molecule has 9 heteroatoms. The number of thioether (sulfide) groups is 1. The maximum absolute atomic E-state index is 12.7. The van der Waals surface area contributed by atoms with Crippen molar-refractivity contribution >= 4 is 17.7 Å². The first-order valence-corrected chi connectivity index (χ1v) is 10.8. The van der Waals surface area contributed by atoms with Crippen LogP contribution in [0.1, 0.15) is 30.5 Å². The fourth-order valence-electron chi connectivity index (χ4n) is 3.40. The van der Waals surface area contributed by atoms with Gasteiger partial charge in [-0.05, 0) is 35.9 Å². The van der Waals surface area contributed by atoms with Crippen molar-refractivity contribution in [3.8, 4) is 0 Å². The first-order chi connectivity index (χ1) is 13.7. The van der Waals surface area contributed by atoms with Crippen molar-refractivity contribution in [1.82, 2.24) is 35.3 Å². The highest BCUT2D eigenvalue weighted by molar-refractivity contribution is 7.99. The van der Waals surface area contributed by atoms with Crippen molar-refractivity contribution in [2.75, 3.05) is 45.5 Å². The molecule has 2 heterocycles. The molecule has 1 aromatic heterocycles. The third-order valence-electron chi connectivity index (χ3n) is 5.26. The highest BCUT2D eigenvalue weighted by atomic mass is 32.2. The number of nitrogens with zero attached hydrogens (tertiary/aromatic N) is 6. The van der Waals surface area contributed by atoms with Crippen molar-refractivity contribution in [1.29, 1.82) is 0 Å². The van der Waals surface area contributed by atoms with Gasteiger partial charge in [-0.2, -0.15) is 0 Å². The molecule has 1 aliphatic carbocycles. The second kappa shape index (κ2) is 9.02. The second-order valence-electron chi connectivity index (χ2n) is 7.56. The van der Waals surface area contributed by atoms with E-state index in [9.17, 15) is 4.79 Å². The van der Waals surface area contributed by atoms with Gasteiger partial charge in [-0.25, -0.2) is 4.68 Å². The standard InChI is InChI=1S/C19H27N7OS/c1-24-9-11-25(12-10-24)13-17(15-5-3-2-4-6-15)20-18(27)14-28-19-21-22-23-26(19)16-7-8-16/h2-6,16-17H,7-14H2,1H3,(H,20,27). The first kappa shape index (κ1) is 19.4. The SMILES string of the molecule is CN1CCN(CC(NC(=O)CSc2nnnn2C2CC2)c2ccccc2)CC1. The molecule has 1 amide bonds. The van der Waals surface area contributed by atoms with Crippen LogP contribution in [0.4, 0.5) is 0 Å². The van der Waals surface area contributed by atoms with E-state index in [4.69, 9.17) is 0 Å². The number of tetrazole rings is 1. The van der Waals surface area contributed by atoms with Gasteiger partial charge in [0, 0.05) is 32.7 Å². The Hall–Kier alpha value is -1.97. The first-order valence-electron chi connectivity index (χ1n) is 9.85. The number of carbonyl (C=O) groups excluding carboxylic acids is 1. The predicted molar refractivity (Wildman–Crippen MR) is 108 cm³/mol. The molecule has 0 spiro atoms. The van der Waals surface area contributed by atoms with Crippen molar-refractivity contribution in [2.24, 2.45) is 0 Å². The zero-order chi connectivity index (χ0) is 19.3. The number of hydrogen-bond acceptors (Lipinski definition) is 7. The summed E-state index contributed by atoms with van der Waals surface area (Å²) in [6.07, 6.45) is 2.23. The second-order valence-corrected chi connectivity index (χ2v) is 8.50. The van der Waals surface area contributed by atoms with Crippen molar-refractivity contribution in [3.05, 3.63) is 35.9 Å². The van der Waals surface area contributed by atoms with Crippen LogP contribution in [-0.2, 0) is 4.79 Å². The molecule has 1 saturated carbocycles. The maximum Gasteiger partial charge on any atom is 0.231 e. The minimum Gasteiger partial charge on any atom is -0.347 e. The van der Waals surface area contributed by atoms with Gasteiger partial charge in [0.1, 0.15) is 0 Å². The summed E-state index contributed by atoms with van der Waals surface area (Å²) in [6.45, 7) is 5.01. The van der Waals surface area contributed by atoms with Gasteiger partial charge in [0.25, 0.3) is 0 Å². The molecule has 1 atom stereocenters. The Morgan fingerprint density at radius 3 is 2.68 bits per heavy atom. The predicted octanol–water partition coefficient (Wildman–Crippen LogP) is 1.20. The zero-order valence-electron chi connectivity index (χ0n) is 16.2. The lowest BCUT2D eigenvalue weighted by Gasteiger charge is -2.35. The van der Waals surface area contributed by atoms with E-state index in [2.05, 4.69) is 49.8 Å². The van der Waals surface area contributed by atoms with Crippen molar-refractivity contribution < 1.29 is 4.79 Å². The van der Waals surface area contributed by atoms with Gasteiger partial charge in [-0.3, -0.25) is 9.69 Å². The van der Waals surface area contributed by atoms with E-state index in [0.717, 1.165) is 56.3 Å². The number of nitrogens with one attached hydrogen (secondary N) is 1. The van der Waals surface area contributed by atoms with E-state index >= 15 is 0 Å². The van der Waals surface area contributed by atoms with Crippen LogP contribution in [0.2, 0.25) is 0 Å². The number of likely N-dealkylation sites (N-methyl/N-ethyl adjacent to an activating group) is 1. The number of carbonyl (C=O) groups is 1. The Morgan fingerprint density at radius 2 is 1.96 bits per heavy atom. The van der Waals surface area contributed by atoms with Gasteiger partial charge in [0.15, 0.2) is 0 Å². The fraction of sp³-hybridized carbons (Fsp3) is 0.579. The number of amides is 1. The van der Waals surface area contributed by atoms with E-state index in [-0.39, 0.29) is 11.9 Å². The maximum atomic E-state index is 12.7. The van der Waals surface area contributed by atoms with Gasteiger partial charge < -0.3 is 10.2 Å². The van der Waals surface area contributed by atoms with Crippen molar-refractivity contribution in [2.45, 2.75) is 30.1 Å². The van der Waals surface area contributed by atoms with Crippen LogP contribution in [0.5, 0.6) is 0 Å². The Labute approximate surface area is 169 Å². The number of benzene rings is 1. The summed E-state index contributed by atoms with van der Waals surface area (Å²) in [5.41, 5.74) is 1.14. The van der Waals surface area contributed by atoms with Crippen LogP contribution in [0.15, 0.2) is 35.5 Å². The van der Waals surface area contributed by atoms with E-state index in [1.54, 1.807) is 0 Å². The molecule has 2 aliphatic rings. The lowest BCUT2D eigenvalue weighted by Crippen LogP contribution is -2.48. The topological polar surface area (TPSA) is 79.2 Å². The third kappa shape index (κ3) is 5.09. The molecule has 2 aromatic rings. The number of hydrogen-bond donors (Lipinski definition) is 1. The molecule has 0 radical (unpaired) electrons. The lowest BCUT2D eigenvalue weighted by molar-refractivity contribution is -0.119. The normalized spacial score (nSPS) is 19.5. The Bertz CT molecular complexity index is 772. The molecule has 8 nitrogen and oxygen atoms in total. The Balaban J connectivity index is 1.35. The van der Waals surface area contributed by atoms with Gasteiger partial charge >= 0.3 is 0 Å². The van der Waals surface area contributed by atoms with Crippen LogP contribution < -0.4 is 5.32 Å². The highest BCUT2D eigenvalue weighted by Gasteiger charge is 2.28. The van der Waals surface area contributed by atoms with E-state index < -0.39 is 0 Å². The monoisotopic (exact) mass is 401 g/mol. The molecular weight excluding hydrogens is 374 g/mol. The summed E-state index contributed by atoms with van der Waals surface area (Å²) in [5, 5.41) is 15.8. The zero-order valence-corrected chi connectivity index (χ0v) is 17.0. The van der Waals surface area contributed by atoms with Crippen LogP contribution >= 0.6 is 11.8 Å². The molecule has 28 heavy (non-hydrogen) atoms. The third-order valence-corrected chi connectivity index (χ3v) is 6.19. The smallest absolute Gasteiger partial charge is 0.231 e. The summed E-state index contributed by atoms with van der Waals surface area (Å²) in [5.74, 6) is 0.331. The largest absolute Gasteiger partial charge is 0.347 e. The molecule has 1 aliphatic heterocycles. The summed E-state index contributed by atoms with van der Waals surface area (Å²) >= 11 is 1.41. The van der Waals surface area contributed by atoms with E-state index in [1.807, 2.05) is 22.9 Å². The van der Waals surface area contributed by atoms with Crippen LogP contribution in [0, 0.1) is 0 Å². The molecule has 1 unspecified atom stereocenters. The molecule has 1 saturated heterocycles. The number of rotatable bonds is 8. The Morgan fingerprint density at radius 1 is 1.21 bits per heavy atom. The Kier molecular flexibility index (Phi) is 6.23. The fourth-order valence-corrected chi connectivity index (χ4v) is 4.16. The quantitative estimate of drug-likeness (QED) is 0.666.